The summed E-state index contributed by atoms with van der Waals surface area (Å²) in [5.74, 6) is 0.698. The summed E-state index contributed by atoms with van der Waals surface area (Å²) in [4.78, 5) is 12.4. The van der Waals surface area contributed by atoms with E-state index in [2.05, 4.69) is 26.1 Å². The number of nitrogens with one attached hydrogen (secondary N) is 1. The van der Waals surface area contributed by atoms with Gasteiger partial charge in [0.15, 0.2) is 0 Å². The third-order valence-corrected chi connectivity index (χ3v) is 4.59. The minimum Gasteiger partial charge on any atom is -0.353 e. The molecule has 1 rings (SSSR count). The van der Waals surface area contributed by atoms with Crippen molar-refractivity contribution in [2.45, 2.75) is 84.2 Å². The summed E-state index contributed by atoms with van der Waals surface area (Å²) < 4.78 is 0. The van der Waals surface area contributed by atoms with Crippen molar-refractivity contribution < 1.29 is 4.79 Å². The Balaban J connectivity index is 2.50. The van der Waals surface area contributed by atoms with Crippen molar-refractivity contribution in [3.05, 3.63) is 0 Å². The van der Waals surface area contributed by atoms with Gasteiger partial charge in [0.1, 0.15) is 0 Å². The highest BCUT2D eigenvalue weighted by Gasteiger charge is 2.33. The zero-order valence-electron chi connectivity index (χ0n) is 13.0. The Kier molecular flexibility index (Phi) is 7.44. The van der Waals surface area contributed by atoms with Gasteiger partial charge >= 0.3 is 0 Å². The minimum absolute atomic E-state index is 0.129. The average molecular weight is 268 g/mol. The number of unbranched alkanes of at least 4 members (excludes halogenated alkanes) is 1. The fourth-order valence-corrected chi connectivity index (χ4v) is 3.16. The SMILES string of the molecule is CCCCC(CCC)NC(=O)C1CCCC(N)C1C. The van der Waals surface area contributed by atoms with Gasteiger partial charge in [0.05, 0.1) is 0 Å². The molecule has 0 aromatic heterocycles. The standard InChI is InChI=1S/C16H32N2O/c1-4-6-9-13(8-5-2)18-16(19)14-10-7-11-15(17)12(14)3/h12-15H,4-11,17H2,1-3H3,(H,18,19). The molecule has 3 heteroatoms. The Bertz CT molecular complexity index is 267. The molecule has 0 bridgehead atoms. The summed E-state index contributed by atoms with van der Waals surface area (Å²) >= 11 is 0. The maximum Gasteiger partial charge on any atom is 0.223 e. The van der Waals surface area contributed by atoms with Gasteiger partial charge in [0.25, 0.3) is 0 Å². The van der Waals surface area contributed by atoms with Crippen molar-refractivity contribution in [2.75, 3.05) is 0 Å². The van der Waals surface area contributed by atoms with Crippen LogP contribution in [0.4, 0.5) is 0 Å². The van der Waals surface area contributed by atoms with Gasteiger partial charge in [-0.25, -0.2) is 0 Å². The van der Waals surface area contributed by atoms with Crippen LogP contribution >= 0.6 is 0 Å². The third kappa shape index (κ3) is 5.13. The van der Waals surface area contributed by atoms with Gasteiger partial charge in [0, 0.05) is 18.0 Å². The van der Waals surface area contributed by atoms with E-state index in [1.54, 1.807) is 0 Å². The topological polar surface area (TPSA) is 55.1 Å². The summed E-state index contributed by atoms with van der Waals surface area (Å²) in [7, 11) is 0. The summed E-state index contributed by atoms with van der Waals surface area (Å²) in [6.45, 7) is 6.52. The van der Waals surface area contributed by atoms with Gasteiger partial charge in [-0.1, -0.05) is 46.5 Å². The quantitative estimate of drug-likeness (QED) is 0.745. The van der Waals surface area contributed by atoms with Crippen LogP contribution in [-0.2, 0) is 4.79 Å². The van der Waals surface area contributed by atoms with Crippen molar-refractivity contribution in [3.8, 4) is 0 Å². The Morgan fingerprint density at radius 3 is 2.63 bits per heavy atom. The molecule has 112 valence electrons. The highest BCUT2D eigenvalue weighted by atomic mass is 16.2. The molecule has 1 amide bonds. The first-order valence-corrected chi connectivity index (χ1v) is 8.16. The molecule has 0 aliphatic heterocycles. The zero-order chi connectivity index (χ0) is 14.3. The van der Waals surface area contributed by atoms with Gasteiger partial charge in [-0.15, -0.1) is 0 Å². The Morgan fingerprint density at radius 2 is 2.00 bits per heavy atom. The Labute approximate surface area is 118 Å². The van der Waals surface area contributed by atoms with E-state index in [0.29, 0.717) is 12.0 Å². The molecule has 4 unspecified atom stereocenters. The number of carbonyl (C=O) groups is 1. The molecule has 3 nitrogen and oxygen atoms in total. The number of nitrogens with two attached hydrogens (primary N) is 1. The van der Waals surface area contributed by atoms with E-state index in [9.17, 15) is 4.79 Å². The minimum atomic E-state index is 0.129. The third-order valence-electron chi connectivity index (χ3n) is 4.59. The largest absolute Gasteiger partial charge is 0.353 e. The molecule has 0 saturated heterocycles. The van der Waals surface area contributed by atoms with Crippen LogP contribution in [0, 0.1) is 11.8 Å². The van der Waals surface area contributed by atoms with Crippen molar-refractivity contribution in [1.82, 2.24) is 5.32 Å². The predicted molar refractivity (Wildman–Crippen MR) is 80.8 cm³/mol. The van der Waals surface area contributed by atoms with E-state index in [1.165, 1.54) is 12.8 Å². The van der Waals surface area contributed by atoms with Gasteiger partial charge in [-0.05, 0) is 31.6 Å². The first-order chi connectivity index (χ1) is 9.10. The molecule has 1 saturated carbocycles. The molecule has 0 aromatic rings. The van der Waals surface area contributed by atoms with Crippen molar-refractivity contribution in [3.63, 3.8) is 0 Å². The van der Waals surface area contributed by atoms with Crippen LogP contribution in [-0.4, -0.2) is 18.0 Å². The number of hydrogen-bond acceptors (Lipinski definition) is 2. The summed E-state index contributed by atoms with van der Waals surface area (Å²) in [6.07, 6.45) is 8.91. The average Bonchev–Trinajstić information content (AvgIpc) is 2.39. The van der Waals surface area contributed by atoms with Crippen LogP contribution in [0.2, 0.25) is 0 Å². The number of hydrogen-bond donors (Lipinski definition) is 2. The lowest BCUT2D eigenvalue weighted by Crippen LogP contribution is -2.46. The first-order valence-electron chi connectivity index (χ1n) is 8.16. The fourth-order valence-electron chi connectivity index (χ4n) is 3.16. The molecule has 19 heavy (non-hydrogen) atoms. The second-order valence-electron chi connectivity index (χ2n) is 6.20. The molecule has 1 aliphatic rings. The Hall–Kier alpha value is -0.570. The molecular weight excluding hydrogens is 236 g/mol. The van der Waals surface area contributed by atoms with Crippen LogP contribution in [0.5, 0.6) is 0 Å². The molecule has 4 atom stereocenters. The second kappa shape index (κ2) is 8.57. The predicted octanol–water partition coefficient (Wildman–Crippen LogP) is 3.23. The van der Waals surface area contributed by atoms with E-state index in [-0.39, 0.29) is 17.9 Å². The van der Waals surface area contributed by atoms with Crippen LogP contribution in [0.3, 0.4) is 0 Å². The van der Waals surface area contributed by atoms with Gasteiger partial charge in [-0.2, -0.15) is 0 Å². The lowest BCUT2D eigenvalue weighted by atomic mass is 9.76. The van der Waals surface area contributed by atoms with Crippen LogP contribution in [0.25, 0.3) is 0 Å². The normalized spacial score (nSPS) is 28.9. The van der Waals surface area contributed by atoms with E-state index >= 15 is 0 Å². The Morgan fingerprint density at radius 1 is 1.26 bits per heavy atom. The number of carbonyl (C=O) groups excluding carboxylic acids is 1. The van der Waals surface area contributed by atoms with Gasteiger partial charge < -0.3 is 11.1 Å². The summed E-state index contributed by atoms with van der Waals surface area (Å²) in [5, 5.41) is 3.28. The lowest BCUT2D eigenvalue weighted by Gasteiger charge is -2.34. The highest BCUT2D eigenvalue weighted by molar-refractivity contribution is 5.79. The fraction of sp³-hybridized carbons (Fsp3) is 0.938. The van der Waals surface area contributed by atoms with Crippen molar-refractivity contribution >= 4 is 5.91 Å². The highest BCUT2D eigenvalue weighted by Crippen LogP contribution is 2.29. The molecule has 0 aromatic carbocycles. The smallest absolute Gasteiger partial charge is 0.223 e. The monoisotopic (exact) mass is 268 g/mol. The van der Waals surface area contributed by atoms with Gasteiger partial charge in [0.2, 0.25) is 5.91 Å². The summed E-state index contributed by atoms with van der Waals surface area (Å²) in [6, 6.07) is 0.563. The lowest BCUT2D eigenvalue weighted by molar-refractivity contribution is -0.128. The molecule has 0 spiro atoms. The van der Waals surface area contributed by atoms with E-state index < -0.39 is 0 Å². The molecular formula is C16H32N2O. The maximum atomic E-state index is 12.4. The number of amides is 1. The molecule has 0 heterocycles. The van der Waals surface area contributed by atoms with Crippen molar-refractivity contribution in [2.24, 2.45) is 17.6 Å². The van der Waals surface area contributed by atoms with Crippen LogP contribution in [0.15, 0.2) is 0 Å². The molecule has 3 N–H and O–H groups in total. The van der Waals surface area contributed by atoms with E-state index in [4.69, 9.17) is 5.73 Å². The van der Waals surface area contributed by atoms with Gasteiger partial charge in [-0.3, -0.25) is 4.79 Å². The second-order valence-corrected chi connectivity index (χ2v) is 6.20. The first kappa shape index (κ1) is 16.5. The molecule has 1 fully saturated rings. The van der Waals surface area contributed by atoms with E-state index in [0.717, 1.165) is 38.5 Å². The number of rotatable bonds is 7. The van der Waals surface area contributed by atoms with Crippen molar-refractivity contribution in [1.29, 1.82) is 0 Å². The summed E-state index contributed by atoms with van der Waals surface area (Å²) in [5.41, 5.74) is 6.10. The van der Waals surface area contributed by atoms with E-state index in [1.807, 2.05) is 0 Å². The van der Waals surface area contributed by atoms with Crippen LogP contribution in [0.1, 0.15) is 72.1 Å². The maximum absolute atomic E-state index is 12.4. The van der Waals surface area contributed by atoms with Crippen LogP contribution < -0.4 is 11.1 Å². The molecule has 1 aliphatic carbocycles. The molecule has 0 radical (unpaired) electrons. The zero-order valence-corrected chi connectivity index (χ0v) is 13.0.